The second-order valence-electron chi connectivity index (χ2n) is 8.85. The van der Waals surface area contributed by atoms with Gasteiger partial charge >= 0.3 is 0 Å². The smallest absolute Gasteiger partial charge is 0.243 e. The molecule has 35 heavy (non-hydrogen) atoms. The number of aryl methyl sites for hydroxylation is 2. The Morgan fingerprint density at radius 1 is 0.971 bits per heavy atom. The van der Waals surface area contributed by atoms with Gasteiger partial charge in [-0.1, -0.05) is 66.2 Å². The van der Waals surface area contributed by atoms with Gasteiger partial charge < -0.3 is 9.88 Å². The predicted octanol–water partition coefficient (Wildman–Crippen LogP) is 5.04. The summed E-state index contributed by atoms with van der Waals surface area (Å²) in [6.45, 7) is 5.84. The van der Waals surface area contributed by atoms with E-state index in [0.29, 0.717) is 11.4 Å². The predicted molar refractivity (Wildman–Crippen MR) is 138 cm³/mol. The second kappa shape index (κ2) is 9.88. The molecule has 1 N–H and O–H groups in total. The van der Waals surface area contributed by atoms with Crippen molar-refractivity contribution in [1.82, 2.24) is 14.9 Å². The molecule has 0 bridgehead atoms. The van der Waals surface area contributed by atoms with Crippen LogP contribution in [0.2, 0.25) is 0 Å². The number of nitrogens with zero attached hydrogens (tertiary/aromatic N) is 2. The van der Waals surface area contributed by atoms with Crippen molar-refractivity contribution in [3.05, 3.63) is 107 Å². The number of imidazole rings is 1. The summed E-state index contributed by atoms with van der Waals surface area (Å²) < 4.78 is 26.3. The molecule has 0 fully saturated rings. The third-order valence-electron chi connectivity index (χ3n) is 6.14. The standard InChI is InChI=1S/C28H29N3O3S/c1-19-13-14-25(20(2)17-19)26(23-11-8-12-24(18-23)35(4,33)34)30-28(32)21(3)31-16-15-29-27(31)22-9-6-5-7-10-22/h5-18,21,26H,1-4H3,(H,30,32). The number of hydrogen-bond acceptors (Lipinski definition) is 4. The summed E-state index contributed by atoms with van der Waals surface area (Å²) in [6.07, 6.45) is 4.66. The molecule has 0 aliphatic carbocycles. The molecule has 180 valence electrons. The SMILES string of the molecule is Cc1ccc(C(NC(=O)C(C)n2ccnc2-c2ccccc2)c2cccc(S(C)(=O)=O)c2)c(C)c1. The van der Waals surface area contributed by atoms with E-state index in [9.17, 15) is 13.2 Å². The molecule has 1 amide bonds. The maximum atomic E-state index is 13.6. The summed E-state index contributed by atoms with van der Waals surface area (Å²) >= 11 is 0. The van der Waals surface area contributed by atoms with E-state index in [0.717, 1.165) is 22.3 Å². The average molecular weight is 488 g/mol. The van der Waals surface area contributed by atoms with E-state index < -0.39 is 21.9 Å². The maximum Gasteiger partial charge on any atom is 0.243 e. The average Bonchev–Trinajstić information content (AvgIpc) is 3.32. The van der Waals surface area contributed by atoms with Gasteiger partial charge in [0.2, 0.25) is 5.91 Å². The van der Waals surface area contributed by atoms with Crippen LogP contribution in [0.15, 0.2) is 90.1 Å². The van der Waals surface area contributed by atoms with Crippen molar-refractivity contribution >= 4 is 15.7 Å². The molecule has 3 aromatic carbocycles. The van der Waals surface area contributed by atoms with Crippen molar-refractivity contribution in [1.29, 1.82) is 0 Å². The van der Waals surface area contributed by atoms with Gasteiger partial charge in [0.1, 0.15) is 11.9 Å². The van der Waals surface area contributed by atoms with Crippen LogP contribution in [0.5, 0.6) is 0 Å². The van der Waals surface area contributed by atoms with Gasteiger partial charge in [-0.15, -0.1) is 0 Å². The highest BCUT2D eigenvalue weighted by Crippen LogP contribution is 2.29. The minimum absolute atomic E-state index is 0.199. The van der Waals surface area contributed by atoms with Gasteiger partial charge in [-0.25, -0.2) is 13.4 Å². The Morgan fingerprint density at radius 2 is 1.71 bits per heavy atom. The molecule has 7 heteroatoms. The van der Waals surface area contributed by atoms with Gasteiger partial charge in [-0.2, -0.15) is 0 Å². The van der Waals surface area contributed by atoms with Crippen LogP contribution in [0.4, 0.5) is 0 Å². The molecule has 0 aliphatic rings. The van der Waals surface area contributed by atoms with Crippen LogP contribution in [0, 0.1) is 13.8 Å². The third-order valence-corrected chi connectivity index (χ3v) is 7.25. The van der Waals surface area contributed by atoms with Crippen LogP contribution < -0.4 is 5.32 Å². The van der Waals surface area contributed by atoms with Crippen molar-refractivity contribution in [2.45, 2.75) is 37.8 Å². The Balaban J connectivity index is 1.72. The number of benzene rings is 3. The zero-order chi connectivity index (χ0) is 25.2. The lowest BCUT2D eigenvalue weighted by Gasteiger charge is -2.25. The number of rotatable bonds is 7. The largest absolute Gasteiger partial charge is 0.343 e. The number of carbonyl (C=O) groups excluding carboxylic acids is 1. The molecule has 0 spiro atoms. The molecule has 2 atom stereocenters. The first-order valence-electron chi connectivity index (χ1n) is 11.4. The molecular weight excluding hydrogens is 458 g/mol. The zero-order valence-electron chi connectivity index (χ0n) is 20.3. The number of sulfone groups is 1. The van der Waals surface area contributed by atoms with Gasteiger partial charge in [0.25, 0.3) is 0 Å². The summed E-state index contributed by atoms with van der Waals surface area (Å²) in [5.74, 6) is 0.505. The molecule has 0 saturated carbocycles. The van der Waals surface area contributed by atoms with Crippen molar-refractivity contribution < 1.29 is 13.2 Å². The molecule has 0 radical (unpaired) electrons. The highest BCUT2D eigenvalue weighted by Gasteiger charge is 2.25. The number of amides is 1. The molecule has 2 unspecified atom stereocenters. The van der Waals surface area contributed by atoms with Crippen molar-refractivity contribution in [3.8, 4) is 11.4 Å². The summed E-state index contributed by atoms with van der Waals surface area (Å²) in [6, 6.07) is 21.5. The van der Waals surface area contributed by atoms with Crippen molar-refractivity contribution in [2.24, 2.45) is 0 Å². The Labute approximate surface area is 206 Å². The molecule has 1 heterocycles. The Bertz CT molecular complexity index is 1460. The third kappa shape index (κ3) is 5.35. The van der Waals surface area contributed by atoms with E-state index in [1.165, 1.54) is 6.26 Å². The number of carbonyl (C=O) groups is 1. The van der Waals surface area contributed by atoms with Gasteiger partial charge in [0, 0.05) is 24.2 Å². The maximum absolute atomic E-state index is 13.6. The van der Waals surface area contributed by atoms with Gasteiger partial charge in [0.05, 0.1) is 10.9 Å². The van der Waals surface area contributed by atoms with Gasteiger partial charge in [-0.3, -0.25) is 4.79 Å². The fraction of sp³-hybridized carbons (Fsp3) is 0.214. The molecule has 6 nitrogen and oxygen atoms in total. The highest BCUT2D eigenvalue weighted by atomic mass is 32.2. The number of hydrogen-bond donors (Lipinski definition) is 1. The summed E-state index contributed by atoms with van der Waals surface area (Å²) in [7, 11) is -3.40. The topological polar surface area (TPSA) is 81.1 Å². The fourth-order valence-corrected chi connectivity index (χ4v) is 4.92. The van der Waals surface area contributed by atoms with Gasteiger partial charge in [-0.05, 0) is 49.6 Å². The molecule has 4 aromatic rings. The van der Waals surface area contributed by atoms with Gasteiger partial charge in [0.15, 0.2) is 9.84 Å². The number of nitrogens with one attached hydrogen (secondary N) is 1. The quantitative estimate of drug-likeness (QED) is 0.396. The lowest BCUT2D eigenvalue weighted by atomic mass is 9.93. The van der Waals surface area contributed by atoms with E-state index in [2.05, 4.69) is 16.4 Å². The first-order chi connectivity index (χ1) is 16.6. The minimum Gasteiger partial charge on any atom is -0.343 e. The lowest BCUT2D eigenvalue weighted by molar-refractivity contribution is -0.124. The summed E-state index contributed by atoms with van der Waals surface area (Å²) in [4.78, 5) is 18.2. The molecule has 0 aliphatic heterocycles. The van der Waals surface area contributed by atoms with E-state index in [4.69, 9.17) is 0 Å². The van der Waals surface area contributed by atoms with E-state index in [1.807, 2.05) is 73.9 Å². The van der Waals surface area contributed by atoms with E-state index in [-0.39, 0.29) is 10.8 Å². The van der Waals surface area contributed by atoms with Crippen LogP contribution in [0.1, 0.15) is 41.3 Å². The summed E-state index contributed by atoms with van der Waals surface area (Å²) in [5, 5.41) is 3.17. The number of aromatic nitrogens is 2. The first kappa shape index (κ1) is 24.4. The molecular formula is C28H29N3O3S. The van der Waals surface area contributed by atoms with Crippen LogP contribution in [0.3, 0.4) is 0 Å². The van der Waals surface area contributed by atoms with E-state index >= 15 is 0 Å². The Hall–Kier alpha value is -3.71. The van der Waals surface area contributed by atoms with Crippen LogP contribution in [-0.2, 0) is 14.6 Å². The zero-order valence-corrected chi connectivity index (χ0v) is 21.1. The van der Waals surface area contributed by atoms with Crippen molar-refractivity contribution in [3.63, 3.8) is 0 Å². The minimum atomic E-state index is -3.40. The Morgan fingerprint density at radius 3 is 2.40 bits per heavy atom. The molecule has 0 saturated heterocycles. The molecule has 4 rings (SSSR count). The van der Waals surface area contributed by atoms with E-state index in [1.54, 1.807) is 30.6 Å². The van der Waals surface area contributed by atoms with Crippen LogP contribution in [0.25, 0.3) is 11.4 Å². The summed E-state index contributed by atoms with van der Waals surface area (Å²) in [5.41, 5.74) is 4.66. The van der Waals surface area contributed by atoms with Crippen molar-refractivity contribution in [2.75, 3.05) is 6.26 Å². The second-order valence-corrected chi connectivity index (χ2v) is 10.9. The van der Waals surface area contributed by atoms with Crippen LogP contribution in [-0.4, -0.2) is 30.1 Å². The lowest BCUT2D eigenvalue weighted by Crippen LogP contribution is -2.35. The van der Waals surface area contributed by atoms with Crippen LogP contribution >= 0.6 is 0 Å². The highest BCUT2D eigenvalue weighted by molar-refractivity contribution is 7.90. The normalized spacial score (nSPS) is 13.3. The molecule has 1 aromatic heterocycles. The fourth-order valence-electron chi connectivity index (χ4n) is 4.24. The monoisotopic (exact) mass is 487 g/mol. The Kier molecular flexibility index (Phi) is 6.89. The first-order valence-corrected chi connectivity index (χ1v) is 13.3.